The van der Waals surface area contributed by atoms with Crippen molar-refractivity contribution in [2.24, 2.45) is 24.6 Å². The van der Waals surface area contributed by atoms with Crippen molar-refractivity contribution in [2.45, 2.75) is 91.1 Å². The highest BCUT2D eigenvalue weighted by Gasteiger charge is 2.34. The number of nitro benzene ring substituents is 1. The van der Waals surface area contributed by atoms with Crippen molar-refractivity contribution < 1.29 is 33.6 Å². The van der Waals surface area contributed by atoms with E-state index in [9.17, 15) is 34.1 Å². The Morgan fingerprint density at radius 2 is 1.40 bits per heavy atom. The van der Waals surface area contributed by atoms with Crippen LogP contribution in [0.15, 0.2) is 36.8 Å². The van der Waals surface area contributed by atoms with Crippen molar-refractivity contribution in [3.8, 4) is 0 Å². The number of benzene rings is 1. The number of aryl methyl sites for hydroxylation is 1. The summed E-state index contributed by atoms with van der Waals surface area (Å²) in [6.07, 6.45) is 2.39. The Bertz CT molecular complexity index is 1430. The van der Waals surface area contributed by atoms with E-state index >= 15 is 0 Å². The number of hydrogen-bond acceptors (Lipinski definition) is 9. The molecule has 0 fully saturated rings. The third-order valence-electron chi connectivity index (χ3n) is 6.92. The van der Waals surface area contributed by atoms with Crippen molar-refractivity contribution in [1.29, 1.82) is 0 Å². The maximum atomic E-state index is 13.6. The van der Waals surface area contributed by atoms with Gasteiger partial charge >= 0.3 is 6.09 Å². The lowest BCUT2D eigenvalue weighted by atomic mass is 9.98. The van der Waals surface area contributed by atoms with Gasteiger partial charge in [0.2, 0.25) is 23.6 Å². The lowest BCUT2D eigenvalue weighted by Crippen LogP contribution is -2.60. The van der Waals surface area contributed by atoms with Gasteiger partial charge in [-0.2, -0.15) is 0 Å². The molecule has 6 N–H and O–H groups in total. The topological polar surface area (TPSA) is 230 Å². The van der Waals surface area contributed by atoms with Crippen LogP contribution < -0.4 is 27.0 Å². The quantitative estimate of drug-likeness (QED) is 0.137. The zero-order valence-electron chi connectivity index (χ0n) is 28.0. The summed E-state index contributed by atoms with van der Waals surface area (Å²) in [5.41, 5.74) is 5.63. The molecular formula is C31H46N8O8. The number of imidazole rings is 1. The van der Waals surface area contributed by atoms with Crippen LogP contribution in [0.3, 0.4) is 0 Å². The SMILES string of the molecule is CC(C)[C@H](NC(=O)[C@H](Cc1cn(C)cn1)NC(=O)OC(C)(C)C)C(=O)N[C@H](C(=O)N[C@@H](Cc1ccc([N+](=O)[O-])cc1)C(N)=O)C(C)C. The Balaban J connectivity index is 2.20. The summed E-state index contributed by atoms with van der Waals surface area (Å²) >= 11 is 0. The summed E-state index contributed by atoms with van der Waals surface area (Å²) in [6.45, 7) is 11.8. The average Bonchev–Trinajstić information content (AvgIpc) is 3.36. The van der Waals surface area contributed by atoms with Gasteiger partial charge < -0.3 is 36.3 Å². The molecule has 47 heavy (non-hydrogen) atoms. The van der Waals surface area contributed by atoms with Crippen LogP contribution >= 0.6 is 0 Å². The van der Waals surface area contributed by atoms with E-state index in [2.05, 4.69) is 26.3 Å². The number of amides is 5. The molecule has 0 aliphatic carbocycles. The number of carbonyl (C=O) groups is 5. The number of non-ortho nitro benzene ring substituents is 1. The van der Waals surface area contributed by atoms with Crippen LogP contribution in [0, 0.1) is 22.0 Å². The summed E-state index contributed by atoms with van der Waals surface area (Å²) in [5.74, 6) is -3.74. The number of nitro groups is 1. The first-order valence-corrected chi connectivity index (χ1v) is 15.2. The molecular weight excluding hydrogens is 612 g/mol. The third-order valence-corrected chi connectivity index (χ3v) is 6.92. The zero-order valence-corrected chi connectivity index (χ0v) is 28.0. The number of nitrogens with two attached hydrogens (primary N) is 1. The summed E-state index contributed by atoms with van der Waals surface area (Å²) in [6, 6.07) is 0.905. The van der Waals surface area contributed by atoms with Crippen LogP contribution in [0.5, 0.6) is 0 Å². The molecule has 4 atom stereocenters. The minimum absolute atomic E-state index is 0.0125. The Labute approximate surface area is 273 Å². The van der Waals surface area contributed by atoms with Gasteiger partial charge in [0, 0.05) is 38.2 Å². The van der Waals surface area contributed by atoms with E-state index in [0.717, 1.165) is 0 Å². The second-order valence-corrected chi connectivity index (χ2v) is 13.0. The molecule has 16 nitrogen and oxygen atoms in total. The molecule has 1 aromatic heterocycles. The second-order valence-electron chi connectivity index (χ2n) is 13.0. The number of nitrogens with one attached hydrogen (secondary N) is 4. The van der Waals surface area contributed by atoms with Gasteiger partial charge in [-0.15, -0.1) is 0 Å². The first kappa shape index (κ1) is 38.2. The molecule has 16 heteroatoms. The fourth-order valence-electron chi connectivity index (χ4n) is 4.48. The van der Waals surface area contributed by atoms with Crippen LogP contribution in [-0.2, 0) is 43.8 Å². The largest absolute Gasteiger partial charge is 0.444 e. The van der Waals surface area contributed by atoms with Gasteiger partial charge in [0.1, 0.15) is 29.8 Å². The van der Waals surface area contributed by atoms with E-state index in [0.29, 0.717) is 11.3 Å². The number of primary amides is 1. The average molecular weight is 659 g/mol. The van der Waals surface area contributed by atoms with Crippen molar-refractivity contribution >= 4 is 35.4 Å². The van der Waals surface area contributed by atoms with Gasteiger partial charge in [-0.1, -0.05) is 39.8 Å². The molecule has 0 unspecified atom stereocenters. The lowest BCUT2D eigenvalue weighted by molar-refractivity contribution is -0.384. The monoisotopic (exact) mass is 658 g/mol. The molecule has 0 saturated carbocycles. The summed E-state index contributed by atoms with van der Waals surface area (Å²) in [4.78, 5) is 79.8. The third kappa shape index (κ3) is 12.4. The molecule has 0 saturated heterocycles. The molecule has 258 valence electrons. The summed E-state index contributed by atoms with van der Waals surface area (Å²) < 4.78 is 7.02. The summed E-state index contributed by atoms with van der Waals surface area (Å²) in [7, 11) is 1.76. The first-order chi connectivity index (χ1) is 21.8. The van der Waals surface area contributed by atoms with Gasteiger partial charge in [-0.25, -0.2) is 9.78 Å². The van der Waals surface area contributed by atoms with E-state index in [1.807, 2.05) is 0 Å². The number of alkyl carbamates (subject to hydrolysis) is 1. The van der Waals surface area contributed by atoms with Crippen molar-refractivity contribution in [3.63, 3.8) is 0 Å². The standard InChI is InChI=1S/C31H46N8O8/c1-17(2)24(28(42)34-22(26(32)40)13-19-9-11-21(12-10-19)39(45)46)37-29(43)25(18(3)4)36-27(41)23(14-20-15-38(8)16-33-20)35-30(44)47-31(5,6)7/h9-12,15-18,22-25H,13-14H2,1-8H3,(H2,32,40)(H,34,42)(H,35,44)(H,36,41)(H,37,43)/t22-,23-,24-,25-/m0/s1. The van der Waals surface area contributed by atoms with Crippen molar-refractivity contribution in [2.75, 3.05) is 0 Å². The summed E-state index contributed by atoms with van der Waals surface area (Å²) in [5, 5.41) is 21.4. The van der Waals surface area contributed by atoms with Gasteiger partial charge in [-0.3, -0.25) is 29.3 Å². The van der Waals surface area contributed by atoms with Gasteiger partial charge in [0.05, 0.1) is 16.9 Å². The number of hydrogen-bond donors (Lipinski definition) is 5. The molecule has 0 bridgehead atoms. The molecule has 5 amide bonds. The number of nitrogens with zero attached hydrogens (tertiary/aromatic N) is 3. The first-order valence-electron chi connectivity index (χ1n) is 15.2. The second kappa shape index (κ2) is 16.5. The van der Waals surface area contributed by atoms with E-state index in [1.165, 1.54) is 24.3 Å². The number of rotatable bonds is 15. The van der Waals surface area contributed by atoms with Crippen LogP contribution in [0.2, 0.25) is 0 Å². The van der Waals surface area contributed by atoms with Crippen LogP contribution in [0.4, 0.5) is 10.5 Å². The predicted molar refractivity (Wildman–Crippen MR) is 172 cm³/mol. The fourth-order valence-corrected chi connectivity index (χ4v) is 4.48. The molecule has 0 radical (unpaired) electrons. The number of carbonyl (C=O) groups excluding carboxylic acids is 5. The Kier molecular flexibility index (Phi) is 13.4. The molecule has 0 spiro atoms. The smallest absolute Gasteiger partial charge is 0.408 e. The zero-order chi connectivity index (χ0) is 35.6. The molecule has 0 aliphatic heterocycles. The van der Waals surface area contributed by atoms with Crippen molar-refractivity contribution in [3.05, 3.63) is 58.2 Å². The Morgan fingerprint density at radius 1 is 0.872 bits per heavy atom. The highest BCUT2D eigenvalue weighted by molar-refractivity contribution is 5.95. The highest BCUT2D eigenvalue weighted by atomic mass is 16.6. The van der Waals surface area contributed by atoms with Crippen molar-refractivity contribution in [1.82, 2.24) is 30.8 Å². The molecule has 1 aromatic carbocycles. The minimum Gasteiger partial charge on any atom is -0.444 e. The predicted octanol–water partition coefficient (Wildman–Crippen LogP) is 1.26. The Morgan fingerprint density at radius 3 is 1.85 bits per heavy atom. The van der Waals surface area contributed by atoms with Crippen LogP contribution in [-0.4, -0.2) is 74.0 Å². The van der Waals surface area contributed by atoms with E-state index in [4.69, 9.17) is 10.5 Å². The molecule has 0 aliphatic rings. The number of ether oxygens (including phenoxy) is 1. The maximum Gasteiger partial charge on any atom is 0.408 e. The van der Waals surface area contributed by atoms with E-state index in [1.54, 1.807) is 72.6 Å². The minimum atomic E-state index is -1.17. The number of aromatic nitrogens is 2. The molecule has 2 rings (SSSR count). The fraction of sp³-hybridized carbons (Fsp3) is 0.548. The maximum absolute atomic E-state index is 13.6. The normalized spacial score (nSPS) is 14.0. The Hall–Kier alpha value is -5.02. The van der Waals surface area contributed by atoms with Gasteiger partial charge in [-0.05, 0) is 38.2 Å². The molecule has 2 aromatic rings. The van der Waals surface area contributed by atoms with Gasteiger partial charge in [0.25, 0.3) is 5.69 Å². The van der Waals surface area contributed by atoms with E-state index < -0.39 is 76.2 Å². The van der Waals surface area contributed by atoms with E-state index in [-0.39, 0.29) is 18.5 Å². The molecule has 1 heterocycles. The van der Waals surface area contributed by atoms with Gasteiger partial charge in [0.15, 0.2) is 0 Å². The lowest BCUT2D eigenvalue weighted by Gasteiger charge is -2.29. The highest BCUT2D eigenvalue weighted by Crippen LogP contribution is 2.14. The van der Waals surface area contributed by atoms with Crippen LogP contribution in [0.1, 0.15) is 59.7 Å². The van der Waals surface area contributed by atoms with Crippen LogP contribution in [0.25, 0.3) is 0 Å².